The summed E-state index contributed by atoms with van der Waals surface area (Å²) >= 11 is 2.02. The van der Waals surface area contributed by atoms with Gasteiger partial charge in [0, 0.05) is 23.8 Å². The van der Waals surface area contributed by atoms with E-state index in [0.717, 1.165) is 6.67 Å². The maximum atomic E-state index is 2.51. The zero-order chi connectivity index (χ0) is 9.14. The van der Waals surface area contributed by atoms with Crippen LogP contribution in [0.4, 0.5) is 0 Å². The average molecular weight is 188 g/mol. The molecule has 0 unspecified atom stereocenters. The monoisotopic (exact) mass is 188 g/mol. The molecule has 0 aromatic carbocycles. The maximum absolute atomic E-state index is 2.51. The lowest BCUT2D eigenvalue weighted by atomic mass is 10.3. The third-order valence-electron chi connectivity index (χ3n) is 2.34. The van der Waals surface area contributed by atoms with Gasteiger partial charge in [0.25, 0.3) is 0 Å². The van der Waals surface area contributed by atoms with Gasteiger partial charge in [-0.2, -0.15) is 0 Å². The number of nitrogens with zero attached hydrogens (tertiary/aromatic N) is 2. The van der Waals surface area contributed by atoms with Gasteiger partial charge in [0.15, 0.2) is 0 Å². The second-order valence-corrected chi connectivity index (χ2v) is 4.89. The standard InChI is InChI=1S/C9H20N2S/c1-8(2)10-5-11(9(3)4)7-12-6-10/h8-9H,5-7H2,1-4H3. The van der Waals surface area contributed by atoms with E-state index in [-0.39, 0.29) is 0 Å². The molecule has 0 amide bonds. The van der Waals surface area contributed by atoms with Crippen LogP contribution >= 0.6 is 11.8 Å². The van der Waals surface area contributed by atoms with Crippen LogP contribution in [0.2, 0.25) is 0 Å². The highest BCUT2D eigenvalue weighted by Gasteiger charge is 2.20. The van der Waals surface area contributed by atoms with Crippen LogP contribution < -0.4 is 0 Å². The molecule has 0 atom stereocenters. The van der Waals surface area contributed by atoms with Crippen LogP contribution in [0.15, 0.2) is 0 Å². The minimum absolute atomic E-state index is 0.680. The SMILES string of the molecule is CC(C)N1CSCN(C(C)C)C1. The van der Waals surface area contributed by atoms with E-state index in [1.807, 2.05) is 11.8 Å². The van der Waals surface area contributed by atoms with Gasteiger partial charge in [0.2, 0.25) is 0 Å². The first-order valence-corrected chi connectivity index (χ1v) is 5.82. The summed E-state index contributed by atoms with van der Waals surface area (Å²) in [5.74, 6) is 2.39. The summed E-state index contributed by atoms with van der Waals surface area (Å²) in [4.78, 5) is 5.02. The first-order chi connectivity index (χ1) is 5.61. The Labute approximate surface area is 80.3 Å². The maximum Gasteiger partial charge on any atom is 0.0526 e. The van der Waals surface area contributed by atoms with Crippen molar-refractivity contribution in [2.45, 2.75) is 39.8 Å². The number of rotatable bonds is 2. The molecule has 1 aliphatic heterocycles. The Morgan fingerprint density at radius 2 is 1.33 bits per heavy atom. The lowest BCUT2D eigenvalue weighted by Gasteiger charge is -2.39. The third-order valence-corrected chi connectivity index (χ3v) is 3.37. The molecule has 1 rings (SSSR count). The first-order valence-electron chi connectivity index (χ1n) is 4.67. The number of hydrogen-bond acceptors (Lipinski definition) is 3. The topological polar surface area (TPSA) is 6.48 Å². The number of hydrogen-bond donors (Lipinski definition) is 0. The van der Waals surface area contributed by atoms with Crippen LogP contribution in [0.3, 0.4) is 0 Å². The number of thioether (sulfide) groups is 1. The Balaban J connectivity index is 2.40. The molecule has 1 heterocycles. The average Bonchev–Trinajstić information content (AvgIpc) is 2.04. The molecule has 72 valence electrons. The molecule has 0 saturated carbocycles. The van der Waals surface area contributed by atoms with E-state index in [9.17, 15) is 0 Å². The largest absolute Gasteiger partial charge is 0.279 e. The van der Waals surface area contributed by atoms with Gasteiger partial charge >= 0.3 is 0 Å². The lowest BCUT2D eigenvalue weighted by molar-refractivity contribution is 0.107. The fraction of sp³-hybridized carbons (Fsp3) is 1.00. The van der Waals surface area contributed by atoms with Gasteiger partial charge in [0.05, 0.1) is 6.67 Å². The van der Waals surface area contributed by atoms with Crippen molar-refractivity contribution in [3.05, 3.63) is 0 Å². The lowest BCUT2D eigenvalue weighted by Crippen LogP contribution is -2.47. The quantitative estimate of drug-likeness (QED) is 0.654. The van der Waals surface area contributed by atoms with Crippen molar-refractivity contribution in [2.24, 2.45) is 0 Å². The Hall–Kier alpha value is 0.270. The van der Waals surface area contributed by atoms with E-state index in [1.165, 1.54) is 11.8 Å². The molecule has 0 bridgehead atoms. The van der Waals surface area contributed by atoms with Crippen LogP contribution in [0, 0.1) is 0 Å². The highest BCUT2D eigenvalue weighted by molar-refractivity contribution is 7.99. The minimum Gasteiger partial charge on any atom is -0.279 e. The summed E-state index contributed by atoms with van der Waals surface area (Å²) in [6, 6.07) is 1.36. The van der Waals surface area contributed by atoms with E-state index < -0.39 is 0 Å². The smallest absolute Gasteiger partial charge is 0.0526 e. The van der Waals surface area contributed by atoms with Gasteiger partial charge in [-0.05, 0) is 27.7 Å². The predicted molar refractivity (Wildman–Crippen MR) is 56.1 cm³/mol. The summed E-state index contributed by atoms with van der Waals surface area (Å²) < 4.78 is 0. The van der Waals surface area contributed by atoms with Gasteiger partial charge in [0.1, 0.15) is 0 Å². The summed E-state index contributed by atoms with van der Waals surface area (Å²) in [6.07, 6.45) is 0. The second kappa shape index (κ2) is 4.49. The molecule has 1 aliphatic rings. The van der Waals surface area contributed by atoms with Crippen molar-refractivity contribution in [3.8, 4) is 0 Å². The Morgan fingerprint density at radius 3 is 1.67 bits per heavy atom. The van der Waals surface area contributed by atoms with Gasteiger partial charge in [-0.25, -0.2) is 0 Å². The van der Waals surface area contributed by atoms with Crippen molar-refractivity contribution in [1.82, 2.24) is 9.80 Å². The molecular weight excluding hydrogens is 168 g/mol. The predicted octanol–water partition coefficient (Wildman–Crippen LogP) is 2.03. The Morgan fingerprint density at radius 1 is 0.917 bits per heavy atom. The fourth-order valence-electron chi connectivity index (χ4n) is 1.22. The molecule has 0 aliphatic carbocycles. The molecule has 12 heavy (non-hydrogen) atoms. The van der Waals surface area contributed by atoms with Crippen molar-refractivity contribution < 1.29 is 0 Å². The Kier molecular flexibility index (Phi) is 3.87. The molecule has 0 radical (unpaired) electrons. The highest BCUT2D eigenvalue weighted by Crippen LogP contribution is 2.18. The van der Waals surface area contributed by atoms with E-state index in [0.29, 0.717) is 12.1 Å². The van der Waals surface area contributed by atoms with Crippen molar-refractivity contribution >= 4 is 11.8 Å². The zero-order valence-electron chi connectivity index (χ0n) is 8.58. The normalized spacial score (nSPS) is 22.5. The van der Waals surface area contributed by atoms with E-state index in [4.69, 9.17) is 0 Å². The molecule has 0 N–H and O–H groups in total. The third kappa shape index (κ3) is 2.64. The van der Waals surface area contributed by atoms with Crippen molar-refractivity contribution in [3.63, 3.8) is 0 Å². The van der Waals surface area contributed by atoms with Crippen LogP contribution in [0.25, 0.3) is 0 Å². The van der Waals surface area contributed by atoms with Gasteiger partial charge < -0.3 is 0 Å². The molecule has 1 saturated heterocycles. The second-order valence-electron chi connectivity index (χ2n) is 3.97. The Bertz CT molecular complexity index is 122. The van der Waals surface area contributed by atoms with Crippen molar-refractivity contribution in [2.75, 3.05) is 18.4 Å². The van der Waals surface area contributed by atoms with E-state index in [2.05, 4.69) is 37.5 Å². The molecule has 0 aromatic heterocycles. The zero-order valence-corrected chi connectivity index (χ0v) is 9.40. The van der Waals surface area contributed by atoms with Crippen LogP contribution in [-0.2, 0) is 0 Å². The molecule has 1 fully saturated rings. The molecular formula is C9H20N2S. The van der Waals surface area contributed by atoms with E-state index >= 15 is 0 Å². The first kappa shape index (κ1) is 10.4. The van der Waals surface area contributed by atoms with E-state index in [1.54, 1.807) is 0 Å². The summed E-state index contributed by atoms with van der Waals surface area (Å²) in [5, 5.41) is 0. The van der Waals surface area contributed by atoms with Gasteiger partial charge in [-0.3, -0.25) is 9.80 Å². The minimum atomic E-state index is 0.680. The molecule has 0 aromatic rings. The summed E-state index contributed by atoms with van der Waals surface area (Å²) in [7, 11) is 0. The summed E-state index contributed by atoms with van der Waals surface area (Å²) in [6.45, 7) is 10.2. The molecule has 0 spiro atoms. The summed E-state index contributed by atoms with van der Waals surface area (Å²) in [5.41, 5.74) is 0. The molecule has 3 heteroatoms. The van der Waals surface area contributed by atoms with Gasteiger partial charge in [-0.1, -0.05) is 0 Å². The van der Waals surface area contributed by atoms with Gasteiger partial charge in [-0.15, -0.1) is 11.8 Å². The van der Waals surface area contributed by atoms with Crippen LogP contribution in [-0.4, -0.2) is 40.3 Å². The van der Waals surface area contributed by atoms with Crippen LogP contribution in [0.1, 0.15) is 27.7 Å². The molecule has 2 nitrogen and oxygen atoms in total. The van der Waals surface area contributed by atoms with Crippen LogP contribution in [0.5, 0.6) is 0 Å². The van der Waals surface area contributed by atoms with Crippen molar-refractivity contribution in [1.29, 1.82) is 0 Å². The highest BCUT2D eigenvalue weighted by atomic mass is 32.2. The fourth-order valence-corrected chi connectivity index (χ4v) is 2.53.